The van der Waals surface area contributed by atoms with Gasteiger partial charge in [0.25, 0.3) is 0 Å². The Labute approximate surface area is 94.7 Å². The van der Waals surface area contributed by atoms with Gasteiger partial charge in [0, 0.05) is 13.1 Å². The molecule has 0 radical (unpaired) electrons. The number of aryl methyl sites for hydroxylation is 1. The summed E-state index contributed by atoms with van der Waals surface area (Å²) in [7, 11) is 0. The molecule has 0 aromatic carbocycles. The largest absolute Gasteiger partial charge is 0.382 e. The third kappa shape index (κ3) is 1.26. The summed E-state index contributed by atoms with van der Waals surface area (Å²) in [4.78, 5) is 6.74. The highest BCUT2D eigenvalue weighted by Gasteiger charge is 2.17. The van der Waals surface area contributed by atoms with Gasteiger partial charge in [-0.15, -0.1) is 0 Å². The molecule has 2 aromatic rings. The lowest BCUT2D eigenvalue weighted by Crippen LogP contribution is -2.20. The SMILES string of the molecule is Cc1nc(N)c2cccc(N3CCCC3)n12. The molecular weight excluding hydrogens is 200 g/mol. The standard InChI is InChI=1S/C12H16N4/c1-9-14-12(13)10-5-4-6-11(16(9)10)15-7-2-3-8-15/h4-6H,2-3,7-8,13H2,1H3. The molecule has 0 unspecified atom stereocenters. The first-order valence-electron chi connectivity index (χ1n) is 5.76. The van der Waals surface area contributed by atoms with Crippen LogP contribution < -0.4 is 10.6 Å². The second-order valence-corrected chi connectivity index (χ2v) is 4.34. The molecule has 16 heavy (non-hydrogen) atoms. The Kier molecular flexibility index (Phi) is 2.02. The fourth-order valence-electron chi connectivity index (χ4n) is 2.51. The van der Waals surface area contributed by atoms with Gasteiger partial charge in [-0.2, -0.15) is 0 Å². The van der Waals surface area contributed by atoms with E-state index in [-0.39, 0.29) is 0 Å². The minimum atomic E-state index is 0.624. The first kappa shape index (κ1) is 9.51. The highest BCUT2D eigenvalue weighted by atomic mass is 15.2. The summed E-state index contributed by atoms with van der Waals surface area (Å²) in [6.07, 6.45) is 2.55. The lowest BCUT2D eigenvalue weighted by Gasteiger charge is -2.19. The average Bonchev–Trinajstić information content (AvgIpc) is 2.88. The predicted molar refractivity (Wildman–Crippen MR) is 65.8 cm³/mol. The fraction of sp³-hybridized carbons (Fsp3) is 0.417. The summed E-state index contributed by atoms with van der Waals surface area (Å²) in [5, 5.41) is 0. The number of pyridine rings is 1. The molecule has 4 nitrogen and oxygen atoms in total. The quantitative estimate of drug-likeness (QED) is 0.791. The van der Waals surface area contributed by atoms with E-state index < -0.39 is 0 Å². The molecule has 1 fully saturated rings. The van der Waals surface area contributed by atoms with Crippen LogP contribution in [0.1, 0.15) is 18.7 Å². The Bertz CT molecular complexity index is 523. The zero-order chi connectivity index (χ0) is 11.1. The van der Waals surface area contributed by atoms with E-state index in [1.54, 1.807) is 0 Å². The van der Waals surface area contributed by atoms with Gasteiger partial charge in [0.05, 0.1) is 5.52 Å². The van der Waals surface area contributed by atoms with Gasteiger partial charge in [-0.25, -0.2) is 4.98 Å². The molecule has 0 aliphatic carbocycles. The van der Waals surface area contributed by atoms with Crippen LogP contribution in [0.3, 0.4) is 0 Å². The third-order valence-electron chi connectivity index (χ3n) is 3.27. The van der Waals surface area contributed by atoms with Gasteiger partial charge in [0.15, 0.2) is 0 Å². The smallest absolute Gasteiger partial charge is 0.149 e. The summed E-state index contributed by atoms with van der Waals surface area (Å²) in [5.41, 5.74) is 6.91. The van der Waals surface area contributed by atoms with Crippen molar-refractivity contribution >= 4 is 17.2 Å². The number of hydrogen-bond acceptors (Lipinski definition) is 3. The van der Waals surface area contributed by atoms with E-state index in [9.17, 15) is 0 Å². The Morgan fingerprint density at radius 1 is 1.25 bits per heavy atom. The second kappa shape index (κ2) is 3.40. The summed E-state index contributed by atoms with van der Waals surface area (Å²) in [6.45, 7) is 4.27. The summed E-state index contributed by atoms with van der Waals surface area (Å²) < 4.78 is 2.15. The van der Waals surface area contributed by atoms with Crippen LogP contribution in [0, 0.1) is 6.92 Å². The number of nitrogens with two attached hydrogens (primary N) is 1. The molecule has 1 aliphatic heterocycles. The van der Waals surface area contributed by atoms with E-state index in [0.717, 1.165) is 24.4 Å². The molecule has 2 N–H and O–H groups in total. The molecule has 3 rings (SSSR count). The highest BCUT2D eigenvalue weighted by Crippen LogP contribution is 2.25. The van der Waals surface area contributed by atoms with Gasteiger partial charge in [0.1, 0.15) is 17.5 Å². The minimum Gasteiger partial charge on any atom is -0.382 e. The number of aromatic nitrogens is 2. The van der Waals surface area contributed by atoms with Crippen LogP contribution in [-0.2, 0) is 0 Å². The zero-order valence-corrected chi connectivity index (χ0v) is 9.48. The van der Waals surface area contributed by atoms with Gasteiger partial charge in [0.2, 0.25) is 0 Å². The molecule has 0 spiro atoms. The molecule has 3 heterocycles. The Hall–Kier alpha value is -1.71. The molecule has 0 atom stereocenters. The average molecular weight is 216 g/mol. The van der Waals surface area contributed by atoms with E-state index in [1.165, 1.54) is 18.7 Å². The minimum absolute atomic E-state index is 0.624. The van der Waals surface area contributed by atoms with Crippen molar-refractivity contribution in [3.05, 3.63) is 24.0 Å². The van der Waals surface area contributed by atoms with Crippen molar-refractivity contribution in [2.24, 2.45) is 0 Å². The fourth-order valence-corrected chi connectivity index (χ4v) is 2.51. The maximum atomic E-state index is 5.89. The van der Waals surface area contributed by atoms with Gasteiger partial charge in [-0.05, 0) is 31.9 Å². The predicted octanol–water partition coefficient (Wildman–Crippen LogP) is 1.83. The second-order valence-electron chi connectivity index (χ2n) is 4.34. The lowest BCUT2D eigenvalue weighted by atomic mass is 10.3. The Morgan fingerprint density at radius 3 is 2.75 bits per heavy atom. The van der Waals surface area contributed by atoms with Crippen LogP contribution in [0.2, 0.25) is 0 Å². The van der Waals surface area contributed by atoms with Gasteiger partial charge in [-0.3, -0.25) is 4.40 Å². The van der Waals surface area contributed by atoms with Crippen LogP contribution in [0.15, 0.2) is 18.2 Å². The van der Waals surface area contributed by atoms with Crippen molar-refractivity contribution < 1.29 is 0 Å². The van der Waals surface area contributed by atoms with Gasteiger partial charge in [-0.1, -0.05) is 6.07 Å². The number of fused-ring (bicyclic) bond motifs is 1. The Balaban J connectivity index is 2.23. The summed E-state index contributed by atoms with van der Waals surface area (Å²) in [5.74, 6) is 2.81. The van der Waals surface area contributed by atoms with Crippen molar-refractivity contribution in [2.75, 3.05) is 23.7 Å². The van der Waals surface area contributed by atoms with E-state index in [1.807, 2.05) is 13.0 Å². The maximum absolute atomic E-state index is 5.89. The number of nitrogen functional groups attached to an aromatic ring is 1. The van der Waals surface area contributed by atoms with Crippen molar-refractivity contribution in [1.82, 2.24) is 9.38 Å². The van der Waals surface area contributed by atoms with E-state index in [2.05, 4.69) is 26.4 Å². The molecule has 0 saturated carbocycles. The molecule has 0 bridgehead atoms. The van der Waals surface area contributed by atoms with Crippen LogP contribution >= 0.6 is 0 Å². The van der Waals surface area contributed by atoms with E-state index >= 15 is 0 Å². The van der Waals surface area contributed by atoms with Crippen molar-refractivity contribution in [2.45, 2.75) is 19.8 Å². The number of hydrogen-bond donors (Lipinski definition) is 1. The normalized spacial score (nSPS) is 16.2. The van der Waals surface area contributed by atoms with Gasteiger partial charge >= 0.3 is 0 Å². The number of anilines is 2. The summed E-state index contributed by atoms with van der Waals surface area (Å²) >= 11 is 0. The first-order chi connectivity index (χ1) is 7.77. The topological polar surface area (TPSA) is 46.6 Å². The van der Waals surface area contributed by atoms with Crippen LogP contribution in [0.4, 0.5) is 11.6 Å². The molecule has 2 aromatic heterocycles. The van der Waals surface area contributed by atoms with Crippen LogP contribution in [-0.4, -0.2) is 22.5 Å². The van der Waals surface area contributed by atoms with Crippen molar-refractivity contribution in [1.29, 1.82) is 0 Å². The number of imidazole rings is 1. The van der Waals surface area contributed by atoms with Crippen molar-refractivity contribution in [3.8, 4) is 0 Å². The number of rotatable bonds is 1. The van der Waals surface area contributed by atoms with E-state index in [4.69, 9.17) is 5.73 Å². The molecule has 84 valence electrons. The monoisotopic (exact) mass is 216 g/mol. The molecule has 1 aliphatic rings. The lowest BCUT2D eigenvalue weighted by molar-refractivity contribution is 0.899. The van der Waals surface area contributed by atoms with Crippen molar-refractivity contribution in [3.63, 3.8) is 0 Å². The third-order valence-corrected chi connectivity index (χ3v) is 3.27. The number of nitrogens with zero attached hydrogens (tertiary/aromatic N) is 3. The molecule has 1 saturated heterocycles. The maximum Gasteiger partial charge on any atom is 0.149 e. The first-order valence-corrected chi connectivity index (χ1v) is 5.76. The Morgan fingerprint density at radius 2 is 2.00 bits per heavy atom. The zero-order valence-electron chi connectivity index (χ0n) is 9.48. The molecular formula is C12H16N4. The molecule has 0 amide bonds. The molecule has 4 heteroatoms. The summed E-state index contributed by atoms with van der Waals surface area (Å²) in [6, 6.07) is 6.22. The van der Waals surface area contributed by atoms with E-state index in [0.29, 0.717) is 5.82 Å². The van der Waals surface area contributed by atoms with Gasteiger partial charge < -0.3 is 10.6 Å². The van der Waals surface area contributed by atoms with Crippen LogP contribution in [0.5, 0.6) is 0 Å². The van der Waals surface area contributed by atoms with Crippen LogP contribution in [0.25, 0.3) is 5.52 Å². The highest BCUT2D eigenvalue weighted by molar-refractivity contribution is 5.70.